The van der Waals surface area contributed by atoms with E-state index in [0.717, 1.165) is 57.8 Å². The van der Waals surface area contributed by atoms with Gasteiger partial charge in [-0.25, -0.2) is 4.57 Å². The zero-order valence-corrected chi connectivity index (χ0v) is 29.0. The molecule has 260 valence electrons. The Balaban J connectivity index is 3.63. The summed E-state index contributed by atoms with van der Waals surface area (Å²) in [7, 11) is -4.40. The molecule has 0 fully saturated rings. The normalized spacial score (nSPS) is 13.6. The maximum absolute atomic E-state index is 12.0. The minimum Gasteiger partial charge on any atom is -0.463 e. The van der Waals surface area contributed by atoms with Gasteiger partial charge >= 0.3 is 13.8 Å². The van der Waals surface area contributed by atoms with Crippen molar-refractivity contribution >= 4 is 19.7 Å². The Hall–Kier alpha value is -1.25. The zero-order chi connectivity index (χ0) is 32.6. The quantitative estimate of drug-likeness (QED) is 0.0279. The van der Waals surface area contributed by atoms with E-state index < -0.39 is 26.5 Å². The van der Waals surface area contributed by atoms with Gasteiger partial charge in [0.2, 0.25) is 5.91 Å². The van der Waals surface area contributed by atoms with E-state index in [1.54, 1.807) is 0 Å². The number of allylic oxidation sites excluding steroid dienone is 2. The fourth-order valence-corrected chi connectivity index (χ4v) is 5.48. The summed E-state index contributed by atoms with van der Waals surface area (Å²) in [6, 6.07) is 0. The van der Waals surface area contributed by atoms with E-state index in [1.165, 1.54) is 77.0 Å². The highest BCUT2D eigenvalue weighted by atomic mass is 31.2. The van der Waals surface area contributed by atoms with Crippen LogP contribution in [0, 0.1) is 0 Å². The molecule has 0 aromatic heterocycles. The first-order valence-corrected chi connectivity index (χ1v) is 19.2. The summed E-state index contributed by atoms with van der Waals surface area (Å²) in [5, 5.41) is 12.6. The molecule has 0 bridgehead atoms. The van der Waals surface area contributed by atoms with Crippen LogP contribution in [0.4, 0.5) is 0 Å². The molecule has 0 rings (SSSR count). The average Bonchev–Trinajstić information content (AvgIpc) is 3.00. The van der Waals surface area contributed by atoms with E-state index in [2.05, 4.69) is 31.3 Å². The smallest absolute Gasteiger partial charge is 0.463 e. The topological polar surface area (TPSA) is 131 Å². The molecule has 0 aliphatic heterocycles. The van der Waals surface area contributed by atoms with Gasteiger partial charge in [0.05, 0.1) is 13.2 Å². The number of nitrogens with one attached hydrogen (secondary N) is 1. The summed E-state index contributed by atoms with van der Waals surface area (Å²) >= 11 is 0. The van der Waals surface area contributed by atoms with E-state index in [1.807, 2.05) is 0 Å². The fourth-order valence-electron chi connectivity index (χ4n) is 4.73. The summed E-state index contributed by atoms with van der Waals surface area (Å²) in [5.74, 6) is -0.530. The standard InChI is InChI=1S/C34H66NO8P/c1-3-5-7-9-11-12-13-14-15-16-17-18-19-21-23-25-27-34(38)41-30-32(36)31-43-44(39,40)42-29-28-35-33(37)26-24-22-20-10-8-6-4-2/h15-16,32,36H,3-14,17-31H2,1-2H3,(H,35,37)(H,39,40)/b16-15-. The summed E-state index contributed by atoms with van der Waals surface area (Å²) in [5.41, 5.74) is 0. The molecule has 44 heavy (non-hydrogen) atoms. The molecular weight excluding hydrogens is 581 g/mol. The first kappa shape index (κ1) is 42.8. The molecule has 0 saturated carbocycles. The molecular formula is C34H66NO8P. The van der Waals surface area contributed by atoms with Crippen LogP contribution in [0.3, 0.4) is 0 Å². The van der Waals surface area contributed by atoms with Crippen molar-refractivity contribution in [3.63, 3.8) is 0 Å². The molecule has 0 aliphatic rings. The lowest BCUT2D eigenvalue weighted by molar-refractivity contribution is -0.147. The van der Waals surface area contributed by atoms with Crippen LogP contribution in [0.25, 0.3) is 0 Å². The number of unbranched alkanes of at least 4 members (excludes halogenated alkanes) is 18. The molecule has 0 heterocycles. The molecule has 0 radical (unpaired) electrons. The van der Waals surface area contributed by atoms with E-state index in [0.29, 0.717) is 6.42 Å². The first-order valence-electron chi connectivity index (χ1n) is 17.7. The monoisotopic (exact) mass is 647 g/mol. The number of hydrogen-bond donors (Lipinski definition) is 3. The predicted octanol–water partition coefficient (Wildman–Crippen LogP) is 8.71. The minimum atomic E-state index is -4.40. The second-order valence-electron chi connectivity index (χ2n) is 11.8. The van der Waals surface area contributed by atoms with Crippen LogP contribution in [-0.4, -0.2) is 54.3 Å². The third-order valence-electron chi connectivity index (χ3n) is 7.45. The number of rotatable bonds is 33. The van der Waals surface area contributed by atoms with Crippen LogP contribution in [0.1, 0.15) is 162 Å². The largest absolute Gasteiger partial charge is 0.472 e. The van der Waals surface area contributed by atoms with Gasteiger partial charge in [-0.05, 0) is 38.5 Å². The van der Waals surface area contributed by atoms with Crippen molar-refractivity contribution < 1.29 is 37.9 Å². The molecule has 9 nitrogen and oxygen atoms in total. The van der Waals surface area contributed by atoms with Crippen molar-refractivity contribution in [2.45, 2.75) is 168 Å². The van der Waals surface area contributed by atoms with Crippen LogP contribution < -0.4 is 5.32 Å². The molecule has 1 amide bonds. The molecule has 0 aromatic rings. The zero-order valence-electron chi connectivity index (χ0n) is 28.1. The molecule has 0 spiro atoms. The highest BCUT2D eigenvalue weighted by Crippen LogP contribution is 2.42. The van der Waals surface area contributed by atoms with Crippen LogP contribution in [-0.2, 0) is 27.9 Å². The molecule has 2 unspecified atom stereocenters. The van der Waals surface area contributed by atoms with E-state index in [4.69, 9.17) is 13.8 Å². The summed E-state index contributed by atoms with van der Waals surface area (Å²) in [6.45, 7) is 3.48. The van der Waals surface area contributed by atoms with Gasteiger partial charge in [-0.1, -0.05) is 122 Å². The average molecular weight is 648 g/mol. The number of esters is 1. The van der Waals surface area contributed by atoms with Crippen LogP contribution in [0.5, 0.6) is 0 Å². The first-order chi connectivity index (χ1) is 21.3. The summed E-state index contributed by atoms with van der Waals surface area (Å²) < 4.78 is 26.6. The molecule has 10 heteroatoms. The highest BCUT2D eigenvalue weighted by molar-refractivity contribution is 7.47. The lowest BCUT2D eigenvalue weighted by Crippen LogP contribution is -2.27. The lowest BCUT2D eigenvalue weighted by atomic mass is 10.1. The third-order valence-corrected chi connectivity index (χ3v) is 8.43. The fraction of sp³-hybridized carbons (Fsp3) is 0.882. The Bertz CT molecular complexity index is 749. The Labute approximate surface area is 268 Å². The van der Waals surface area contributed by atoms with Crippen molar-refractivity contribution in [2.75, 3.05) is 26.4 Å². The van der Waals surface area contributed by atoms with Gasteiger partial charge in [0.15, 0.2) is 0 Å². The van der Waals surface area contributed by atoms with Gasteiger partial charge in [0, 0.05) is 19.4 Å². The van der Waals surface area contributed by atoms with Crippen LogP contribution in [0.2, 0.25) is 0 Å². The number of ether oxygens (including phenoxy) is 1. The van der Waals surface area contributed by atoms with E-state index in [-0.39, 0.29) is 32.1 Å². The van der Waals surface area contributed by atoms with Gasteiger partial charge in [0.1, 0.15) is 12.7 Å². The van der Waals surface area contributed by atoms with Gasteiger partial charge in [-0.15, -0.1) is 0 Å². The maximum Gasteiger partial charge on any atom is 0.472 e. The SMILES string of the molecule is CCCCCCCCC/C=C\CCCCCCCC(=O)OCC(O)COP(=O)(O)OCCNC(=O)CCCCCCCCC. The summed E-state index contributed by atoms with van der Waals surface area (Å²) in [6.07, 6.45) is 28.7. The van der Waals surface area contributed by atoms with Gasteiger partial charge in [0.25, 0.3) is 0 Å². The number of carbonyl (C=O) groups excluding carboxylic acids is 2. The van der Waals surface area contributed by atoms with E-state index in [9.17, 15) is 24.2 Å². The Morgan fingerprint density at radius 2 is 1.16 bits per heavy atom. The predicted molar refractivity (Wildman–Crippen MR) is 178 cm³/mol. The van der Waals surface area contributed by atoms with Crippen LogP contribution >= 0.6 is 7.82 Å². The Morgan fingerprint density at radius 1 is 0.682 bits per heavy atom. The second-order valence-corrected chi connectivity index (χ2v) is 13.3. The highest BCUT2D eigenvalue weighted by Gasteiger charge is 2.23. The van der Waals surface area contributed by atoms with Gasteiger partial charge in [-0.2, -0.15) is 0 Å². The number of aliphatic hydroxyl groups excluding tert-OH is 1. The molecule has 2 atom stereocenters. The number of phosphoric ester groups is 1. The Morgan fingerprint density at radius 3 is 1.70 bits per heavy atom. The van der Waals surface area contributed by atoms with Gasteiger partial charge in [-0.3, -0.25) is 18.6 Å². The Kier molecular flexibility index (Phi) is 30.8. The number of amides is 1. The minimum absolute atomic E-state index is 0.0832. The number of phosphoric acid groups is 1. The number of aliphatic hydroxyl groups is 1. The second kappa shape index (κ2) is 31.7. The molecule has 0 aromatic carbocycles. The van der Waals surface area contributed by atoms with Crippen molar-refractivity contribution in [3.05, 3.63) is 12.2 Å². The van der Waals surface area contributed by atoms with Crippen LogP contribution in [0.15, 0.2) is 12.2 Å². The van der Waals surface area contributed by atoms with Gasteiger partial charge < -0.3 is 20.1 Å². The third kappa shape index (κ3) is 32.2. The van der Waals surface area contributed by atoms with E-state index >= 15 is 0 Å². The van der Waals surface area contributed by atoms with Crippen molar-refractivity contribution in [3.8, 4) is 0 Å². The summed E-state index contributed by atoms with van der Waals surface area (Å²) in [4.78, 5) is 33.5. The van der Waals surface area contributed by atoms with Crippen molar-refractivity contribution in [1.29, 1.82) is 0 Å². The maximum atomic E-state index is 12.0. The number of carbonyl (C=O) groups is 2. The number of hydrogen-bond acceptors (Lipinski definition) is 7. The lowest BCUT2D eigenvalue weighted by Gasteiger charge is -2.15. The van der Waals surface area contributed by atoms with Crippen molar-refractivity contribution in [2.24, 2.45) is 0 Å². The molecule has 0 saturated heterocycles. The van der Waals surface area contributed by atoms with Crippen molar-refractivity contribution in [1.82, 2.24) is 5.32 Å². The molecule has 0 aliphatic carbocycles. The molecule has 3 N–H and O–H groups in total.